The first-order valence-corrected chi connectivity index (χ1v) is 7.18. The number of rotatable bonds is 6. The highest BCUT2D eigenvalue weighted by atomic mass is 16.6. The molecule has 0 spiro atoms. The van der Waals surface area contributed by atoms with E-state index in [2.05, 4.69) is 5.16 Å². The summed E-state index contributed by atoms with van der Waals surface area (Å²) in [6.07, 6.45) is 1.27. The third-order valence-electron chi connectivity index (χ3n) is 3.26. The Bertz CT molecular complexity index is 807. The van der Waals surface area contributed by atoms with Gasteiger partial charge in [-0.15, -0.1) is 0 Å². The lowest BCUT2D eigenvalue weighted by Crippen LogP contribution is -2.39. The van der Waals surface area contributed by atoms with Crippen molar-refractivity contribution < 1.29 is 9.57 Å². The molecule has 0 N–H and O–H groups in total. The van der Waals surface area contributed by atoms with Crippen LogP contribution in [0.25, 0.3) is 0 Å². The van der Waals surface area contributed by atoms with Crippen molar-refractivity contribution in [3.8, 4) is 5.88 Å². The van der Waals surface area contributed by atoms with E-state index >= 15 is 0 Å². The van der Waals surface area contributed by atoms with Crippen LogP contribution in [-0.2, 0) is 25.5 Å². The van der Waals surface area contributed by atoms with Gasteiger partial charge < -0.3 is 9.57 Å². The Hall–Kier alpha value is -2.83. The third kappa shape index (κ3) is 3.68. The van der Waals surface area contributed by atoms with Crippen LogP contribution in [0, 0.1) is 0 Å². The van der Waals surface area contributed by atoms with Gasteiger partial charge in [0.15, 0.2) is 0 Å². The lowest BCUT2D eigenvalue weighted by molar-refractivity contribution is 0.132. The van der Waals surface area contributed by atoms with E-state index in [0.717, 1.165) is 10.1 Å². The molecule has 1 aromatic carbocycles. The maximum Gasteiger partial charge on any atom is 0.333 e. The lowest BCUT2D eigenvalue weighted by atomic mass is 10.2. The summed E-state index contributed by atoms with van der Waals surface area (Å²) in [7, 11) is 2.94. The molecule has 23 heavy (non-hydrogen) atoms. The van der Waals surface area contributed by atoms with E-state index in [9.17, 15) is 9.59 Å². The summed E-state index contributed by atoms with van der Waals surface area (Å²) in [5.74, 6) is 0.174. The highest BCUT2D eigenvalue weighted by Crippen LogP contribution is 2.09. The van der Waals surface area contributed by atoms with Crippen molar-refractivity contribution >= 4 is 6.21 Å². The first-order chi connectivity index (χ1) is 11.1. The molecule has 0 saturated carbocycles. The highest BCUT2D eigenvalue weighted by Gasteiger charge is 2.15. The molecule has 0 aliphatic heterocycles. The van der Waals surface area contributed by atoms with Crippen LogP contribution in [-0.4, -0.2) is 22.0 Å². The molecule has 0 aliphatic rings. The summed E-state index contributed by atoms with van der Waals surface area (Å²) in [6, 6.07) is 9.53. The molecule has 0 fully saturated rings. The number of hydrogen-bond acceptors (Lipinski definition) is 5. The SMILES string of the molecule is CCOc1c(/C=N/OCc2ccccc2)c(=O)n(C)c(=O)n1C. The Morgan fingerprint density at radius 3 is 2.48 bits per heavy atom. The maximum absolute atomic E-state index is 12.2. The van der Waals surface area contributed by atoms with E-state index in [1.807, 2.05) is 30.3 Å². The van der Waals surface area contributed by atoms with E-state index in [0.29, 0.717) is 6.61 Å². The van der Waals surface area contributed by atoms with Crippen molar-refractivity contribution in [3.63, 3.8) is 0 Å². The number of hydrogen-bond donors (Lipinski definition) is 0. The molecule has 0 amide bonds. The predicted octanol–water partition coefficient (Wildman–Crippen LogP) is 1.03. The second kappa shape index (κ2) is 7.44. The number of benzene rings is 1. The van der Waals surface area contributed by atoms with Crippen LogP contribution in [0.5, 0.6) is 5.88 Å². The topological polar surface area (TPSA) is 74.8 Å². The van der Waals surface area contributed by atoms with E-state index in [1.54, 1.807) is 6.92 Å². The summed E-state index contributed by atoms with van der Waals surface area (Å²) in [5, 5.41) is 3.82. The molecule has 7 nitrogen and oxygen atoms in total. The van der Waals surface area contributed by atoms with Crippen molar-refractivity contribution in [2.24, 2.45) is 19.3 Å². The molecule has 0 saturated heterocycles. The van der Waals surface area contributed by atoms with Gasteiger partial charge in [-0.2, -0.15) is 0 Å². The van der Waals surface area contributed by atoms with Crippen LogP contribution in [0.4, 0.5) is 0 Å². The fraction of sp³-hybridized carbons (Fsp3) is 0.312. The van der Waals surface area contributed by atoms with E-state index in [1.165, 1.54) is 24.9 Å². The fourth-order valence-corrected chi connectivity index (χ4v) is 2.05. The molecule has 0 unspecified atom stereocenters. The molecule has 0 atom stereocenters. The van der Waals surface area contributed by atoms with E-state index in [-0.39, 0.29) is 18.1 Å². The molecule has 0 radical (unpaired) electrons. The zero-order valence-corrected chi connectivity index (χ0v) is 13.4. The van der Waals surface area contributed by atoms with Crippen LogP contribution >= 0.6 is 0 Å². The number of ether oxygens (including phenoxy) is 1. The Morgan fingerprint density at radius 2 is 1.83 bits per heavy atom. The number of aromatic nitrogens is 2. The van der Waals surface area contributed by atoms with Gasteiger partial charge >= 0.3 is 5.69 Å². The molecular weight excluding hydrogens is 298 g/mol. The quantitative estimate of drug-likeness (QED) is 0.589. The molecule has 122 valence electrons. The van der Waals surface area contributed by atoms with Gasteiger partial charge in [-0.3, -0.25) is 13.9 Å². The molecule has 0 bridgehead atoms. The lowest BCUT2D eigenvalue weighted by Gasteiger charge is -2.12. The second-order valence-corrected chi connectivity index (χ2v) is 4.85. The van der Waals surface area contributed by atoms with Crippen LogP contribution < -0.4 is 16.0 Å². The Balaban J connectivity index is 2.26. The van der Waals surface area contributed by atoms with Crippen LogP contribution in [0.3, 0.4) is 0 Å². The molecule has 7 heteroatoms. The molecule has 2 aromatic rings. The summed E-state index contributed by atoms with van der Waals surface area (Å²) in [4.78, 5) is 29.3. The normalized spacial score (nSPS) is 10.9. The minimum atomic E-state index is -0.483. The number of oxime groups is 1. The predicted molar refractivity (Wildman–Crippen MR) is 86.9 cm³/mol. The average Bonchev–Trinajstić information content (AvgIpc) is 2.57. The molecular formula is C16H19N3O4. The van der Waals surface area contributed by atoms with Gasteiger partial charge in [0.2, 0.25) is 5.88 Å². The van der Waals surface area contributed by atoms with Crippen molar-refractivity contribution in [3.05, 3.63) is 62.3 Å². The van der Waals surface area contributed by atoms with Gasteiger partial charge in [0.1, 0.15) is 12.2 Å². The largest absolute Gasteiger partial charge is 0.478 e. The maximum atomic E-state index is 12.2. The zero-order chi connectivity index (χ0) is 16.8. The van der Waals surface area contributed by atoms with E-state index < -0.39 is 11.2 Å². The monoisotopic (exact) mass is 317 g/mol. The van der Waals surface area contributed by atoms with Crippen molar-refractivity contribution in [2.45, 2.75) is 13.5 Å². The first-order valence-electron chi connectivity index (χ1n) is 7.18. The van der Waals surface area contributed by atoms with Gasteiger partial charge in [0.25, 0.3) is 5.56 Å². The molecule has 2 rings (SSSR count). The summed E-state index contributed by atoms with van der Waals surface area (Å²) in [6.45, 7) is 2.38. The van der Waals surface area contributed by atoms with Crippen molar-refractivity contribution in [1.29, 1.82) is 0 Å². The Morgan fingerprint density at radius 1 is 1.13 bits per heavy atom. The first kappa shape index (κ1) is 16.5. The van der Waals surface area contributed by atoms with Gasteiger partial charge in [-0.05, 0) is 12.5 Å². The fourth-order valence-electron chi connectivity index (χ4n) is 2.05. The van der Waals surface area contributed by atoms with Crippen LogP contribution in [0.15, 0.2) is 45.1 Å². The third-order valence-corrected chi connectivity index (χ3v) is 3.26. The molecule has 0 aliphatic carbocycles. The minimum Gasteiger partial charge on any atom is -0.478 e. The zero-order valence-electron chi connectivity index (χ0n) is 13.4. The molecule has 1 heterocycles. The smallest absolute Gasteiger partial charge is 0.333 e. The second-order valence-electron chi connectivity index (χ2n) is 4.85. The Labute approximate surface area is 133 Å². The van der Waals surface area contributed by atoms with Gasteiger partial charge in [0, 0.05) is 14.1 Å². The molecule has 1 aromatic heterocycles. The highest BCUT2D eigenvalue weighted by molar-refractivity contribution is 5.81. The van der Waals surface area contributed by atoms with Gasteiger partial charge in [-0.1, -0.05) is 35.5 Å². The van der Waals surface area contributed by atoms with Gasteiger partial charge in [-0.25, -0.2) is 4.79 Å². The van der Waals surface area contributed by atoms with Crippen LogP contribution in [0.1, 0.15) is 18.1 Å². The Kier molecular flexibility index (Phi) is 5.35. The summed E-state index contributed by atoms with van der Waals surface area (Å²) in [5.41, 5.74) is 0.192. The van der Waals surface area contributed by atoms with E-state index in [4.69, 9.17) is 9.57 Å². The minimum absolute atomic E-state index is 0.171. The van der Waals surface area contributed by atoms with Crippen molar-refractivity contribution in [1.82, 2.24) is 9.13 Å². The summed E-state index contributed by atoms with van der Waals surface area (Å²) >= 11 is 0. The number of nitrogens with zero attached hydrogens (tertiary/aromatic N) is 3. The van der Waals surface area contributed by atoms with Crippen molar-refractivity contribution in [2.75, 3.05) is 6.61 Å². The standard InChI is InChI=1S/C16H19N3O4/c1-4-22-15-13(14(20)18(2)16(21)19(15)3)10-17-23-11-12-8-6-5-7-9-12/h5-10H,4,11H2,1-3H3/b17-10+. The average molecular weight is 317 g/mol. The summed E-state index contributed by atoms with van der Waals surface area (Å²) < 4.78 is 7.67. The van der Waals surface area contributed by atoms with Crippen LogP contribution in [0.2, 0.25) is 0 Å². The van der Waals surface area contributed by atoms with Gasteiger partial charge in [0.05, 0.1) is 12.8 Å².